The van der Waals surface area contributed by atoms with E-state index in [1.807, 2.05) is 80.5 Å². The van der Waals surface area contributed by atoms with Crippen molar-refractivity contribution in [3.8, 4) is 0 Å². The fourth-order valence-electron chi connectivity index (χ4n) is 3.85. The lowest BCUT2D eigenvalue weighted by Gasteiger charge is -2.24. The molecule has 1 atom stereocenters. The van der Waals surface area contributed by atoms with Gasteiger partial charge in [-0.3, -0.25) is 0 Å². The molecule has 4 nitrogen and oxygen atoms in total. The topological polar surface area (TPSA) is 40.6 Å². The van der Waals surface area contributed by atoms with Crippen LogP contribution in [0.4, 0.5) is 11.4 Å². The lowest BCUT2D eigenvalue weighted by molar-refractivity contribution is 0.589. The van der Waals surface area contributed by atoms with Crippen LogP contribution in [-0.2, 0) is 9.84 Å². The van der Waals surface area contributed by atoms with Crippen LogP contribution in [0.3, 0.4) is 0 Å². The van der Waals surface area contributed by atoms with Crippen LogP contribution in [-0.4, -0.2) is 35.6 Å². The summed E-state index contributed by atoms with van der Waals surface area (Å²) in [5, 5.41) is -0.452. The van der Waals surface area contributed by atoms with Crippen LogP contribution in [0.2, 0.25) is 5.02 Å². The Morgan fingerprint density at radius 3 is 1.91 bits per heavy atom. The Morgan fingerprint density at radius 1 is 0.844 bits per heavy atom. The quantitative estimate of drug-likeness (QED) is 0.397. The molecule has 0 aliphatic rings. The summed E-state index contributed by atoms with van der Waals surface area (Å²) in [5.74, 6) is 0. The molecule has 32 heavy (non-hydrogen) atoms. The fourth-order valence-corrected chi connectivity index (χ4v) is 6.04. The molecule has 3 aromatic carbocycles. The highest BCUT2D eigenvalue weighted by atomic mass is 35.5. The van der Waals surface area contributed by atoms with E-state index in [9.17, 15) is 8.42 Å². The molecule has 0 N–H and O–H groups in total. The van der Waals surface area contributed by atoms with Crippen molar-refractivity contribution in [1.82, 2.24) is 0 Å². The van der Waals surface area contributed by atoms with E-state index in [-0.39, 0.29) is 4.90 Å². The van der Waals surface area contributed by atoms with E-state index in [0.29, 0.717) is 16.1 Å². The zero-order chi connectivity index (χ0) is 23.5. The first kappa shape index (κ1) is 24.1. The van der Waals surface area contributed by atoms with Gasteiger partial charge in [-0.1, -0.05) is 47.5 Å². The summed E-state index contributed by atoms with van der Waals surface area (Å²) in [5.41, 5.74) is 4.27. The first-order valence-electron chi connectivity index (χ1n) is 10.8. The Labute approximate surface area is 197 Å². The second-order valence-corrected chi connectivity index (χ2v) is 10.5. The summed E-state index contributed by atoms with van der Waals surface area (Å²) < 4.78 is 27.7. The highest BCUT2D eigenvalue weighted by Gasteiger charge is 2.32. The summed E-state index contributed by atoms with van der Waals surface area (Å²) >= 11 is 6.73. The van der Waals surface area contributed by atoms with Gasteiger partial charge in [0.25, 0.3) is 0 Å². The van der Waals surface area contributed by atoms with Crippen molar-refractivity contribution in [1.29, 1.82) is 0 Å². The van der Waals surface area contributed by atoms with E-state index >= 15 is 0 Å². The molecule has 0 heterocycles. The number of halogens is 1. The van der Waals surface area contributed by atoms with Gasteiger partial charge < -0.3 is 9.80 Å². The number of rotatable bonds is 8. The predicted molar refractivity (Wildman–Crippen MR) is 136 cm³/mol. The van der Waals surface area contributed by atoms with Crippen molar-refractivity contribution < 1.29 is 8.42 Å². The number of nitrogens with zero attached hydrogens (tertiary/aromatic N) is 2. The molecule has 3 aromatic rings. The molecular weight excluding hydrogens is 440 g/mol. The minimum atomic E-state index is -3.74. The first-order valence-corrected chi connectivity index (χ1v) is 12.7. The second kappa shape index (κ2) is 9.97. The summed E-state index contributed by atoms with van der Waals surface area (Å²) in [6.45, 7) is 7.81. The number of hydrogen-bond donors (Lipinski definition) is 0. The average Bonchev–Trinajstić information content (AvgIpc) is 2.77. The van der Waals surface area contributed by atoms with Crippen LogP contribution in [0.25, 0.3) is 0 Å². The van der Waals surface area contributed by atoms with Crippen LogP contribution in [0, 0.1) is 6.92 Å². The summed E-state index contributed by atoms with van der Waals surface area (Å²) in [6, 6.07) is 20.3. The van der Waals surface area contributed by atoms with Crippen LogP contribution in [0.15, 0.2) is 71.6 Å². The number of anilines is 2. The summed E-state index contributed by atoms with van der Waals surface area (Å²) in [6.07, 6.45) is 0. The van der Waals surface area contributed by atoms with Gasteiger partial charge >= 0.3 is 0 Å². The lowest BCUT2D eigenvalue weighted by atomic mass is 10.0. The van der Waals surface area contributed by atoms with Crippen molar-refractivity contribution in [3.63, 3.8) is 0 Å². The van der Waals surface area contributed by atoms with Crippen LogP contribution < -0.4 is 9.80 Å². The number of hydrogen-bond acceptors (Lipinski definition) is 4. The molecule has 0 spiro atoms. The Kier molecular flexibility index (Phi) is 7.52. The molecule has 0 aromatic heterocycles. The fraction of sp³-hybridized carbons (Fsp3) is 0.308. The molecule has 170 valence electrons. The molecule has 0 saturated carbocycles. The molecule has 6 heteroatoms. The van der Waals surface area contributed by atoms with E-state index < -0.39 is 15.1 Å². The number of benzene rings is 3. The molecule has 0 aliphatic heterocycles. The minimum absolute atomic E-state index is 0.286. The Hall–Kier alpha value is -2.50. The molecule has 1 unspecified atom stereocenters. The van der Waals surface area contributed by atoms with E-state index in [4.69, 9.17) is 11.6 Å². The van der Waals surface area contributed by atoms with Gasteiger partial charge in [-0.15, -0.1) is 0 Å². The zero-order valence-corrected chi connectivity index (χ0v) is 20.9. The second-order valence-electron chi connectivity index (χ2n) is 8.10. The van der Waals surface area contributed by atoms with Gasteiger partial charge in [0, 0.05) is 43.6 Å². The highest BCUT2D eigenvalue weighted by molar-refractivity contribution is 7.92. The maximum atomic E-state index is 13.9. The summed E-state index contributed by atoms with van der Waals surface area (Å²) in [4.78, 5) is 4.46. The molecule has 0 bridgehead atoms. The van der Waals surface area contributed by atoms with E-state index in [1.54, 1.807) is 12.1 Å². The number of sulfone groups is 1. The molecule has 0 amide bonds. The third-order valence-corrected chi connectivity index (χ3v) is 8.17. The molecular formula is C26H31ClN2O2S. The Morgan fingerprint density at radius 2 is 1.41 bits per heavy atom. The molecule has 0 saturated heterocycles. The smallest absolute Gasteiger partial charge is 0.189 e. The zero-order valence-electron chi connectivity index (χ0n) is 19.3. The van der Waals surface area contributed by atoms with Crippen LogP contribution >= 0.6 is 11.6 Å². The largest absolute Gasteiger partial charge is 0.378 e. The van der Waals surface area contributed by atoms with Gasteiger partial charge in [-0.2, -0.15) is 0 Å². The van der Waals surface area contributed by atoms with E-state index in [2.05, 4.69) is 18.7 Å². The predicted octanol–water partition coefficient (Wildman–Crippen LogP) is 6.12. The monoisotopic (exact) mass is 470 g/mol. The third-order valence-electron chi connectivity index (χ3n) is 5.77. The van der Waals surface area contributed by atoms with Gasteiger partial charge in [0.15, 0.2) is 9.84 Å². The molecule has 3 rings (SSSR count). The molecule has 0 fully saturated rings. The van der Waals surface area contributed by atoms with Gasteiger partial charge in [0.2, 0.25) is 0 Å². The maximum Gasteiger partial charge on any atom is 0.189 e. The summed E-state index contributed by atoms with van der Waals surface area (Å²) in [7, 11) is 0.178. The van der Waals surface area contributed by atoms with Gasteiger partial charge in [-0.25, -0.2) is 8.42 Å². The van der Waals surface area contributed by atoms with Gasteiger partial charge in [0.1, 0.15) is 5.25 Å². The van der Waals surface area contributed by atoms with Crippen LogP contribution in [0.1, 0.15) is 35.8 Å². The average molecular weight is 471 g/mol. The Bertz CT molecular complexity index is 1150. The van der Waals surface area contributed by atoms with Crippen molar-refractivity contribution in [3.05, 3.63) is 88.4 Å². The first-order chi connectivity index (χ1) is 15.2. The molecule has 0 radical (unpaired) electrons. The van der Waals surface area contributed by atoms with Crippen molar-refractivity contribution in [2.24, 2.45) is 0 Å². The Balaban J connectivity index is 2.18. The van der Waals surface area contributed by atoms with E-state index in [0.717, 1.165) is 30.0 Å². The normalized spacial score (nSPS) is 12.4. The van der Waals surface area contributed by atoms with Gasteiger partial charge in [-0.05, 0) is 68.3 Å². The van der Waals surface area contributed by atoms with Crippen molar-refractivity contribution in [2.45, 2.75) is 30.9 Å². The molecule has 0 aliphatic carbocycles. The highest BCUT2D eigenvalue weighted by Crippen LogP contribution is 2.40. The maximum absolute atomic E-state index is 13.9. The SMILES string of the molecule is CCN(CC)c1ccc(C(c2ccc(N(C)C)cc2)S(=O)(=O)c2ccc(C)cc2)c(Cl)c1. The van der Waals surface area contributed by atoms with Crippen molar-refractivity contribution >= 4 is 32.8 Å². The third kappa shape index (κ3) is 4.94. The van der Waals surface area contributed by atoms with Crippen LogP contribution in [0.5, 0.6) is 0 Å². The minimum Gasteiger partial charge on any atom is -0.378 e. The standard InChI is InChI=1S/C26H31ClN2O2S/c1-6-29(7-2)22-14-17-24(25(27)18-22)26(20-10-12-21(13-11-20)28(4)5)32(30,31)23-15-8-19(3)9-16-23/h8-18,26H,6-7H2,1-5H3. The van der Waals surface area contributed by atoms with Crippen molar-refractivity contribution in [2.75, 3.05) is 37.0 Å². The number of aryl methyl sites for hydroxylation is 1. The van der Waals surface area contributed by atoms with E-state index in [1.165, 1.54) is 0 Å². The lowest BCUT2D eigenvalue weighted by Crippen LogP contribution is -2.22. The van der Waals surface area contributed by atoms with Gasteiger partial charge in [0.05, 0.1) is 4.90 Å².